The van der Waals surface area contributed by atoms with Crippen LogP contribution in [0.3, 0.4) is 0 Å². The standard InChI is InChI=1S/C24H22N4O3S/c1-30-19-9-7-17(8-10-19)23-25-22(26-31-23)20-11-12-21(32-20)24(29)28-15-13-27(14-16-28)18-5-3-2-4-6-18/h2-12H,13-16H2,1H3. The molecule has 1 saturated heterocycles. The van der Waals surface area contributed by atoms with E-state index in [1.807, 2.05) is 59.5 Å². The molecular weight excluding hydrogens is 424 g/mol. The number of nitrogens with zero attached hydrogens (tertiary/aromatic N) is 4. The number of para-hydroxylation sites is 1. The van der Waals surface area contributed by atoms with Crippen molar-refractivity contribution in [1.29, 1.82) is 0 Å². The summed E-state index contributed by atoms with van der Waals surface area (Å²) in [7, 11) is 1.62. The summed E-state index contributed by atoms with van der Waals surface area (Å²) in [5, 5.41) is 4.10. The average Bonchev–Trinajstić information content (AvgIpc) is 3.55. The predicted octanol–water partition coefficient (Wildman–Crippen LogP) is 4.44. The van der Waals surface area contributed by atoms with Gasteiger partial charge in [-0.05, 0) is 48.5 Å². The molecule has 162 valence electrons. The zero-order valence-corrected chi connectivity index (χ0v) is 18.4. The quantitative estimate of drug-likeness (QED) is 0.451. The normalized spacial score (nSPS) is 13.9. The summed E-state index contributed by atoms with van der Waals surface area (Å²) in [5.74, 6) is 1.72. The van der Waals surface area contributed by atoms with Crippen LogP contribution in [0, 0.1) is 0 Å². The lowest BCUT2D eigenvalue weighted by molar-refractivity contribution is 0.0751. The molecular formula is C24H22N4O3S. The molecule has 2 aromatic heterocycles. The maximum absolute atomic E-state index is 13.0. The van der Waals surface area contributed by atoms with Crippen molar-refractivity contribution in [2.45, 2.75) is 0 Å². The molecule has 7 nitrogen and oxygen atoms in total. The summed E-state index contributed by atoms with van der Waals surface area (Å²) in [6.45, 7) is 3.05. The van der Waals surface area contributed by atoms with E-state index < -0.39 is 0 Å². The van der Waals surface area contributed by atoms with Crippen LogP contribution in [0.2, 0.25) is 0 Å². The predicted molar refractivity (Wildman–Crippen MR) is 124 cm³/mol. The first-order chi connectivity index (χ1) is 15.7. The van der Waals surface area contributed by atoms with E-state index in [9.17, 15) is 4.79 Å². The Bertz CT molecular complexity index is 1200. The van der Waals surface area contributed by atoms with Crippen molar-refractivity contribution in [3.63, 3.8) is 0 Å². The molecule has 0 bridgehead atoms. The first-order valence-corrected chi connectivity index (χ1v) is 11.2. The Morgan fingerprint density at radius 2 is 1.72 bits per heavy atom. The topological polar surface area (TPSA) is 71.7 Å². The third-order valence-electron chi connectivity index (χ3n) is 5.49. The minimum Gasteiger partial charge on any atom is -0.497 e. The number of hydrogen-bond donors (Lipinski definition) is 0. The van der Waals surface area contributed by atoms with E-state index in [2.05, 4.69) is 27.2 Å². The molecule has 3 heterocycles. The summed E-state index contributed by atoms with van der Waals surface area (Å²) in [6, 6.07) is 21.5. The van der Waals surface area contributed by atoms with Crippen LogP contribution in [-0.2, 0) is 0 Å². The SMILES string of the molecule is COc1ccc(-c2nc(-c3ccc(C(=O)N4CCN(c5ccccc5)CC4)s3)no2)cc1. The Kier molecular flexibility index (Phi) is 5.60. The van der Waals surface area contributed by atoms with E-state index in [-0.39, 0.29) is 5.91 Å². The van der Waals surface area contributed by atoms with Gasteiger partial charge in [0.1, 0.15) is 5.75 Å². The molecule has 4 aromatic rings. The van der Waals surface area contributed by atoms with Gasteiger partial charge in [-0.3, -0.25) is 4.79 Å². The Hall–Kier alpha value is -3.65. The second-order valence-corrected chi connectivity index (χ2v) is 8.51. The molecule has 2 aromatic carbocycles. The van der Waals surface area contributed by atoms with Crippen LogP contribution in [0.15, 0.2) is 71.3 Å². The molecule has 0 aliphatic carbocycles. The molecule has 0 atom stereocenters. The van der Waals surface area contributed by atoms with Crippen LogP contribution in [0.5, 0.6) is 5.75 Å². The third kappa shape index (κ3) is 4.09. The highest BCUT2D eigenvalue weighted by Crippen LogP contribution is 2.30. The second-order valence-electron chi connectivity index (χ2n) is 7.43. The van der Waals surface area contributed by atoms with Crippen molar-refractivity contribution >= 4 is 22.9 Å². The fourth-order valence-electron chi connectivity index (χ4n) is 3.71. The van der Waals surface area contributed by atoms with E-state index in [1.54, 1.807) is 7.11 Å². The number of carbonyl (C=O) groups is 1. The van der Waals surface area contributed by atoms with Crippen molar-refractivity contribution < 1.29 is 14.1 Å². The van der Waals surface area contributed by atoms with E-state index in [0.717, 1.165) is 29.3 Å². The van der Waals surface area contributed by atoms with Crippen molar-refractivity contribution in [1.82, 2.24) is 15.0 Å². The Labute approximate surface area is 189 Å². The third-order valence-corrected chi connectivity index (χ3v) is 6.56. The highest BCUT2D eigenvalue weighted by Gasteiger charge is 2.24. The van der Waals surface area contributed by atoms with Crippen LogP contribution in [0.25, 0.3) is 22.2 Å². The van der Waals surface area contributed by atoms with Gasteiger partial charge in [0.05, 0.1) is 16.9 Å². The van der Waals surface area contributed by atoms with Gasteiger partial charge in [0.25, 0.3) is 11.8 Å². The van der Waals surface area contributed by atoms with Gasteiger partial charge in [-0.2, -0.15) is 4.98 Å². The molecule has 32 heavy (non-hydrogen) atoms. The van der Waals surface area contributed by atoms with E-state index >= 15 is 0 Å². The number of carbonyl (C=O) groups excluding carboxylic acids is 1. The molecule has 0 saturated carbocycles. The number of amides is 1. The zero-order chi connectivity index (χ0) is 21.9. The molecule has 1 aliphatic rings. The van der Waals surface area contributed by atoms with E-state index in [0.29, 0.717) is 29.7 Å². The van der Waals surface area contributed by atoms with Gasteiger partial charge in [0.15, 0.2) is 0 Å². The number of hydrogen-bond acceptors (Lipinski definition) is 7. The first kappa shape index (κ1) is 20.3. The first-order valence-electron chi connectivity index (χ1n) is 10.4. The van der Waals surface area contributed by atoms with Crippen LogP contribution in [0.1, 0.15) is 9.67 Å². The van der Waals surface area contributed by atoms with Gasteiger partial charge >= 0.3 is 0 Å². The molecule has 1 aliphatic heterocycles. The summed E-state index contributed by atoms with van der Waals surface area (Å²) < 4.78 is 10.6. The maximum atomic E-state index is 13.0. The minimum atomic E-state index is 0.0489. The monoisotopic (exact) mass is 446 g/mol. The highest BCUT2D eigenvalue weighted by atomic mass is 32.1. The summed E-state index contributed by atoms with van der Waals surface area (Å²) >= 11 is 1.39. The molecule has 8 heteroatoms. The molecule has 5 rings (SSSR count). The van der Waals surface area contributed by atoms with Crippen LogP contribution in [0.4, 0.5) is 5.69 Å². The summed E-state index contributed by atoms with van der Waals surface area (Å²) in [5.41, 5.74) is 2.01. The van der Waals surface area contributed by atoms with Crippen molar-refractivity contribution in [3.8, 4) is 27.9 Å². The number of aromatic nitrogens is 2. The number of ether oxygens (including phenoxy) is 1. The van der Waals surface area contributed by atoms with Crippen LogP contribution >= 0.6 is 11.3 Å². The number of piperazine rings is 1. The van der Waals surface area contributed by atoms with Crippen molar-refractivity contribution in [2.24, 2.45) is 0 Å². The zero-order valence-electron chi connectivity index (χ0n) is 17.6. The Morgan fingerprint density at radius 1 is 0.969 bits per heavy atom. The maximum Gasteiger partial charge on any atom is 0.264 e. The van der Waals surface area contributed by atoms with Gasteiger partial charge in [-0.1, -0.05) is 23.4 Å². The Morgan fingerprint density at radius 3 is 2.44 bits per heavy atom. The van der Waals surface area contributed by atoms with Crippen molar-refractivity contribution in [2.75, 3.05) is 38.2 Å². The number of rotatable bonds is 5. The van der Waals surface area contributed by atoms with Gasteiger partial charge < -0.3 is 19.1 Å². The van der Waals surface area contributed by atoms with E-state index in [1.165, 1.54) is 17.0 Å². The lowest BCUT2D eigenvalue weighted by Gasteiger charge is -2.35. The minimum absolute atomic E-state index is 0.0489. The van der Waals surface area contributed by atoms with Crippen LogP contribution < -0.4 is 9.64 Å². The average molecular weight is 447 g/mol. The molecule has 0 unspecified atom stereocenters. The lowest BCUT2D eigenvalue weighted by atomic mass is 10.2. The largest absolute Gasteiger partial charge is 0.497 e. The smallest absolute Gasteiger partial charge is 0.264 e. The van der Waals surface area contributed by atoms with Gasteiger partial charge in [-0.15, -0.1) is 11.3 Å². The summed E-state index contributed by atoms with van der Waals surface area (Å²) in [6.07, 6.45) is 0. The number of methoxy groups -OCH3 is 1. The van der Waals surface area contributed by atoms with Gasteiger partial charge in [0, 0.05) is 37.4 Å². The fourth-order valence-corrected chi connectivity index (χ4v) is 4.61. The van der Waals surface area contributed by atoms with Gasteiger partial charge in [0.2, 0.25) is 5.82 Å². The Balaban J connectivity index is 1.25. The number of thiophene rings is 1. The van der Waals surface area contributed by atoms with Crippen molar-refractivity contribution in [3.05, 3.63) is 71.6 Å². The van der Waals surface area contributed by atoms with E-state index in [4.69, 9.17) is 9.26 Å². The number of benzene rings is 2. The molecule has 0 radical (unpaired) electrons. The van der Waals surface area contributed by atoms with Crippen LogP contribution in [-0.4, -0.2) is 54.2 Å². The van der Waals surface area contributed by atoms with Gasteiger partial charge in [-0.25, -0.2) is 0 Å². The molecule has 1 amide bonds. The lowest BCUT2D eigenvalue weighted by Crippen LogP contribution is -2.48. The molecule has 0 N–H and O–H groups in total. The summed E-state index contributed by atoms with van der Waals surface area (Å²) in [4.78, 5) is 23.2. The molecule has 0 spiro atoms. The fraction of sp³-hybridized carbons (Fsp3) is 0.208. The molecule has 1 fully saturated rings. The number of anilines is 1. The highest BCUT2D eigenvalue weighted by molar-refractivity contribution is 7.17. The second kappa shape index (κ2) is 8.84.